The van der Waals surface area contributed by atoms with Crippen LogP contribution in [0.15, 0.2) is 24.4 Å². The van der Waals surface area contributed by atoms with E-state index in [9.17, 15) is 22.4 Å². The molecule has 0 aliphatic heterocycles. The lowest BCUT2D eigenvalue weighted by Gasteiger charge is -2.30. The second-order valence-corrected chi connectivity index (χ2v) is 6.93. The number of hydrogen-bond acceptors (Lipinski definition) is 7. The van der Waals surface area contributed by atoms with Crippen LogP contribution in [0.25, 0.3) is 0 Å². The lowest BCUT2D eigenvalue weighted by atomic mass is 10.1. The number of nitrogens with zero attached hydrogens (tertiary/aromatic N) is 2. The molecule has 0 N–H and O–H groups in total. The minimum absolute atomic E-state index is 0.119. The van der Waals surface area contributed by atoms with Gasteiger partial charge in [-0.25, -0.2) is 14.2 Å². The van der Waals surface area contributed by atoms with Crippen molar-refractivity contribution < 1.29 is 41.3 Å². The Morgan fingerprint density at radius 2 is 1.75 bits per heavy atom. The van der Waals surface area contributed by atoms with Gasteiger partial charge >= 0.3 is 12.1 Å². The first-order valence-corrected chi connectivity index (χ1v) is 9.37. The highest BCUT2D eigenvalue weighted by molar-refractivity contribution is 5.96. The number of halogens is 4. The number of anilines is 1. The number of esters is 1. The predicted molar refractivity (Wildman–Crippen MR) is 108 cm³/mol. The number of hydrogen-bond donors (Lipinski definition) is 0. The van der Waals surface area contributed by atoms with Crippen molar-refractivity contribution in [1.29, 1.82) is 0 Å². The molecule has 0 unspecified atom stereocenters. The van der Waals surface area contributed by atoms with E-state index in [0.717, 1.165) is 31.5 Å². The number of carbonyl (C=O) groups excluding carboxylic acids is 1. The molecule has 32 heavy (non-hydrogen) atoms. The Morgan fingerprint density at radius 1 is 1.12 bits per heavy atom. The number of carbonyl (C=O) groups is 1. The summed E-state index contributed by atoms with van der Waals surface area (Å²) in [5, 5.41) is 0. The lowest BCUT2D eigenvalue weighted by Crippen LogP contribution is -2.39. The third kappa shape index (κ3) is 5.86. The zero-order valence-electron chi connectivity index (χ0n) is 18.2. The van der Waals surface area contributed by atoms with Crippen LogP contribution in [0.4, 0.5) is 23.2 Å². The average Bonchev–Trinajstić information content (AvgIpc) is 2.74. The van der Waals surface area contributed by atoms with Gasteiger partial charge < -0.3 is 23.8 Å². The SMILES string of the molecule is COCC(COC)N(C)c1cc(F)c(Oc2ncc(C)cc2C(F)(F)F)cc1C(=O)OC. The van der Waals surface area contributed by atoms with Crippen LogP contribution < -0.4 is 9.64 Å². The van der Waals surface area contributed by atoms with E-state index < -0.39 is 41.2 Å². The van der Waals surface area contributed by atoms with E-state index in [1.807, 2.05) is 0 Å². The third-order valence-corrected chi connectivity index (χ3v) is 4.60. The Hall–Kier alpha value is -2.92. The van der Waals surface area contributed by atoms with Crippen molar-refractivity contribution in [3.8, 4) is 11.6 Å². The minimum Gasteiger partial charge on any atom is -0.465 e. The van der Waals surface area contributed by atoms with E-state index in [2.05, 4.69) is 4.98 Å². The number of pyridine rings is 1. The summed E-state index contributed by atoms with van der Waals surface area (Å²) >= 11 is 0. The highest BCUT2D eigenvalue weighted by Crippen LogP contribution is 2.39. The van der Waals surface area contributed by atoms with Crippen LogP contribution in [-0.4, -0.2) is 58.6 Å². The van der Waals surface area contributed by atoms with Gasteiger partial charge in [-0.3, -0.25) is 0 Å². The Balaban J connectivity index is 2.56. The molecule has 0 amide bonds. The van der Waals surface area contributed by atoms with Crippen LogP contribution in [0.1, 0.15) is 21.5 Å². The molecule has 2 rings (SSSR count). The maximum Gasteiger partial charge on any atom is 0.421 e. The van der Waals surface area contributed by atoms with Crippen LogP contribution in [0.2, 0.25) is 0 Å². The van der Waals surface area contributed by atoms with Crippen molar-refractivity contribution in [1.82, 2.24) is 4.98 Å². The number of ether oxygens (including phenoxy) is 4. The quantitative estimate of drug-likeness (QED) is 0.410. The van der Waals surface area contributed by atoms with Crippen LogP contribution in [0.5, 0.6) is 11.6 Å². The first kappa shape index (κ1) is 25.3. The fourth-order valence-corrected chi connectivity index (χ4v) is 2.98. The summed E-state index contributed by atoms with van der Waals surface area (Å²) in [5.41, 5.74) is -0.921. The Bertz CT molecular complexity index is 947. The second kappa shape index (κ2) is 10.6. The molecule has 1 heterocycles. The summed E-state index contributed by atoms with van der Waals surface area (Å²) < 4.78 is 75.3. The first-order chi connectivity index (χ1) is 15.0. The summed E-state index contributed by atoms with van der Waals surface area (Å²) in [4.78, 5) is 17.6. The van der Waals surface area contributed by atoms with Gasteiger partial charge in [-0.15, -0.1) is 0 Å². The molecule has 0 bridgehead atoms. The molecule has 0 aliphatic carbocycles. The first-order valence-electron chi connectivity index (χ1n) is 9.37. The fraction of sp³-hybridized carbons (Fsp3) is 0.429. The highest BCUT2D eigenvalue weighted by Gasteiger charge is 2.36. The zero-order valence-corrected chi connectivity index (χ0v) is 18.2. The van der Waals surface area contributed by atoms with Crippen LogP contribution >= 0.6 is 0 Å². The average molecular weight is 460 g/mol. The van der Waals surface area contributed by atoms with Gasteiger partial charge in [-0.1, -0.05) is 0 Å². The normalized spacial score (nSPS) is 11.6. The smallest absolute Gasteiger partial charge is 0.421 e. The van der Waals surface area contributed by atoms with E-state index in [1.165, 1.54) is 21.1 Å². The summed E-state index contributed by atoms with van der Waals surface area (Å²) in [6, 6.07) is 2.39. The fourth-order valence-electron chi connectivity index (χ4n) is 2.98. The van der Waals surface area contributed by atoms with Crippen molar-refractivity contribution in [2.75, 3.05) is 46.5 Å². The van der Waals surface area contributed by atoms with Gasteiger partial charge in [-0.2, -0.15) is 13.2 Å². The zero-order chi connectivity index (χ0) is 24.1. The molecule has 176 valence electrons. The summed E-state index contributed by atoms with van der Waals surface area (Å²) in [6.45, 7) is 1.84. The van der Waals surface area contributed by atoms with Crippen molar-refractivity contribution >= 4 is 11.7 Å². The molecule has 1 aromatic carbocycles. The third-order valence-electron chi connectivity index (χ3n) is 4.60. The van der Waals surface area contributed by atoms with Crippen molar-refractivity contribution in [3.63, 3.8) is 0 Å². The Morgan fingerprint density at radius 3 is 2.28 bits per heavy atom. The van der Waals surface area contributed by atoms with Gasteiger partial charge in [0.25, 0.3) is 0 Å². The standard InChI is InChI=1S/C21H24F4N2O5/c1-12-6-15(21(23,24)25)19(26-9-12)32-18-7-14(20(28)31-5)17(8-16(18)22)27(2)13(10-29-3)11-30-4/h6-9,13H,10-11H2,1-5H3. The van der Waals surface area contributed by atoms with Crippen molar-refractivity contribution in [3.05, 3.63) is 46.9 Å². The molecule has 0 saturated carbocycles. The number of aromatic nitrogens is 1. The predicted octanol–water partition coefficient (Wildman–Crippen LogP) is 4.22. The second-order valence-electron chi connectivity index (χ2n) is 6.93. The minimum atomic E-state index is -4.77. The van der Waals surface area contributed by atoms with Gasteiger partial charge in [-0.05, 0) is 18.6 Å². The van der Waals surface area contributed by atoms with Gasteiger partial charge in [0.15, 0.2) is 11.6 Å². The maximum atomic E-state index is 14.9. The molecule has 1 aromatic heterocycles. The van der Waals surface area contributed by atoms with Crippen LogP contribution in [0.3, 0.4) is 0 Å². The number of rotatable bonds is 9. The molecule has 7 nitrogen and oxygen atoms in total. The Labute approximate surface area is 182 Å². The van der Waals surface area contributed by atoms with E-state index in [1.54, 1.807) is 11.9 Å². The monoisotopic (exact) mass is 460 g/mol. The number of methoxy groups -OCH3 is 3. The Kier molecular flexibility index (Phi) is 8.39. The van der Waals surface area contributed by atoms with Gasteiger partial charge in [0.1, 0.15) is 5.56 Å². The molecule has 2 aromatic rings. The number of benzene rings is 1. The van der Waals surface area contributed by atoms with Crippen molar-refractivity contribution in [2.24, 2.45) is 0 Å². The summed E-state index contributed by atoms with van der Waals surface area (Å²) in [6.07, 6.45) is -3.62. The molecular weight excluding hydrogens is 436 g/mol. The largest absolute Gasteiger partial charge is 0.465 e. The summed E-state index contributed by atoms with van der Waals surface area (Å²) in [5.74, 6) is -3.28. The molecule has 0 aliphatic rings. The molecule has 0 fully saturated rings. The molecule has 11 heteroatoms. The summed E-state index contributed by atoms with van der Waals surface area (Å²) in [7, 11) is 5.67. The number of alkyl halides is 3. The lowest BCUT2D eigenvalue weighted by molar-refractivity contribution is -0.139. The van der Waals surface area contributed by atoms with Crippen LogP contribution in [-0.2, 0) is 20.4 Å². The number of likely N-dealkylation sites (N-methyl/N-ethyl adjacent to an activating group) is 1. The number of aryl methyl sites for hydroxylation is 1. The maximum absolute atomic E-state index is 14.9. The molecule has 0 spiro atoms. The van der Waals surface area contributed by atoms with E-state index in [-0.39, 0.29) is 30.0 Å². The molecule has 0 atom stereocenters. The topological polar surface area (TPSA) is 70.1 Å². The molecule has 0 radical (unpaired) electrons. The van der Waals surface area contributed by atoms with Crippen molar-refractivity contribution in [2.45, 2.75) is 19.1 Å². The highest BCUT2D eigenvalue weighted by atomic mass is 19.4. The van der Waals surface area contributed by atoms with Gasteiger partial charge in [0.2, 0.25) is 5.88 Å². The van der Waals surface area contributed by atoms with Gasteiger partial charge in [0.05, 0.1) is 37.6 Å². The van der Waals surface area contributed by atoms with E-state index in [0.29, 0.717) is 0 Å². The molecule has 0 saturated heterocycles. The van der Waals surface area contributed by atoms with E-state index >= 15 is 0 Å². The van der Waals surface area contributed by atoms with Crippen LogP contribution in [0, 0.1) is 12.7 Å². The van der Waals surface area contributed by atoms with E-state index in [4.69, 9.17) is 18.9 Å². The van der Waals surface area contributed by atoms with Gasteiger partial charge in [0, 0.05) is 39.6 Å². The molecular formula is C21H24F4N2O5.